The molecule has 0 bridgehead atoms. The molecule has 1 heterocycles. The Kier molecular flexibility index (Phi) is 5.31. The summed E-state index contributed by atoms with van der Waals surface area (Å²) in [6.07, 6.45) is 2.40. The number of carboxylic acids is 1. The van der Waals surface area contributed by atoms with Gasteiger partial charge in [0.25, 0.3) is 0 Å². The first-order valence-corrected chi connectivity index (χ1v) is 7.34. The lowest BCUT2D eigenvalue weighted by molar-refractivity contribution is 0.0691. The van der Waals surface area contributed by atoms with Gasteiger partial charge in [-0.05, 0) is 63.6 Å². The van der Waals surface area contributed by atoms with Crippen molar-refractivity contribution in [3.8, 4) is 0 Å². The third-order valence-electron chi connectivity index (χ3n) is 4.12. The van der Waals surface area contributed by atoms with Gasteiger partial charge >= 0.3 is 5.97 Å². The Morgan fingerprint density at radius 1 is 1.43 bits per heavy atom. The third kappa shape index (κ3) is 4.51. The summed E-state index contributed by atoms with van der Waals surface area (Å²) in [4.78, 5) is 15.5. The van der Waals surface area contributed by atoms with Gasteiger partial charge in [-0.1, -0.05) is 6.07 Å². The average molecular weight is 294 g/mol. The summed E-state index contributed by atoms with van der Waals surface area (Å²) in [7, 11) is 4.17. The van der Waals surface area contributed by atoms with Crippen LogP contribution in [0, 0.1) is 11.7 Å². The van der Waals surface area contributed by atoms with Crippen molar-refractivity contribution in [3.63, 3.8) is 0 Å². The fraction of sp³-hybridized carbons (Fsp3) is 0.562. The highest BCUT2D eigenvalue weighted by atomic mass is 19.1. The maximum Gasteiger partial charge on any atom is 0.338 e. The molecular weight excluding hydrogens is 271 g/mol. The number of likely N-dealkylation sites (tertiary alicyclic amines) is 1. The van der Waals surface area contributed by atoms with E-state index in [0.29, 0.717) is 12.5 Å². The Morgan fingerprint density at radius 2 is 2.10 bits per heavy atom. The van der Waals surface area contributed by atoms with Crippen molar-refractivity contribution in [2.75, 3.05) is 33.7 Å². The van der Waals surface area contributed by atoms with Crippen molar-refractivity contribution < 1.29 is 14.3 Å². The Bertz CT molecular complexity index is 499. The summed E-state index contributed by atoms with van der Waals surface area (Å²) in [5, 5.41) is 8.95. The molecule has 0 amide bonds. The summed E-state index contributed by atoms with van der Waals surface area (Å²) < 4.78 is 13.4. The molecule has 4 nitrogen and oxygen atoms in total. The Labute approximate surface area is 125 Å². The molecule has 1 aliphatic heterocycles. The van der Waals surface area contributed by atoms with E-state index in [-0.39, 0.29) is 5.56 Å². The predicted molar refractivity (Wildman–Crippen MR) is 79.9 cm³/mol. The number of rotatable bonds is 5. The minimum atomic E-state index is -1.22. The zero-order valence-electron chi connectivity index (χ0n) is 12.7. The Morgan fingerprint density at radius 3 is 2.71 bits per heavy atom. The molecule has 0 aliphatic carbocycles. The van der Waals surface area contributed by atoms with Gasteiger partial charge in [-0.25, -0.2) is 9.18 Å². The summed E-state index contributed by atoms with van der Waals surface area (Å²) in [6, 6.07) is 4.33. The highest BCUT2D eigenvalue weighted by Crippen LogP contribution is 2.18. The van der Waals surface area contributed by atoms with E-state index in [0.717, 1.165) is 25.2 Å². The highest BCUT2D eigenvalue weighted by molar-refractivity contribution is 5.88. The van der Waals surface area contributed by atoms with Gasteiger partial charge < -0.3 is 14.9 Å². The fourth-order valence-electron chi connectivity index (χ4n) is 2.90. The van der Waals surface area contributed by atoms with E-state index in [9.17, 15) is 9.18 Å². The molecule has 2 rings (SSSR count). The van der Waals surface area contributed by atoms with Crippen LogP contribution in [-0.4, -0.2) is 54.6 Å². The Balaban J connectivity index is 1.92. The molecule has 0 radical (unpaired) electrons. The molecule has 1 N–H and O–H groups in total. The zero-order valence-corrected chi connectivity index (χ0v) is 12.7. The van der Waals surface area contributed by atoms with Crippen molar-refractivity contribution in [2.24, 2.45) is 5.92 Å². The van der Waals surface area contributed by atoms with E-state index in [1.54, 1.807) is 6.07 Å². The van der Waals surface area contributed by atoms with Crippen molar-refractivity contribution >= 4 is 5.97 Å². The molecule has 0 spiro atoms. The normalized spacial score (nSPS) is 17.3. The van der Waals surface area contributed by atoms with Crippen LogP contribution in [0.25, 0.3) is 0 Å². The van der Waals surface area contributed by atoms with Crippen LogP contribution in [0.2, 0.25) is 0 Å². The van der Waals surface area contributed by atoms with Crippen LogP contribution in [-0.2, 0) is 6.54 Å². The molecular formula is C16H23FN2O2. The monoisotopic (exact) mass is 294 g/mol. The maximum absolute atomic E-state index is 13.4. The molecule has 0 atom stereocenters. The van der Waals surface area contributed by atoms with Crippen LogP contribution in [0.15, 0.2) is 18.2 Å². The van der Waals surface area contributed by atoms with E-state index < -0.39 is 11.8 Å². The van der Waals surface area contributed by atoms with Crippen LogP contribution >= 0.6 is 0 Å². The third-order valence-corrected chi connectivity index (χ3v) is 4.12. The van der Waals surface area contributed by atoms with E-state index in [2.05, 4.69) is 16.8 Å². The first-order chi connectivity index (χ1) is 9.95. The van der Waals surface area contributed by atoms with Gasteiger partial charge in [0.2, 0.25) is 0 Å². The van der Waals surface area contributed by atoms with Crippen LogP contribution in [0.4, 0.5) is 4.39 Å². The van der Waals surface area contributed by atoms with Crippen LogP contribution in [0.5, 0.6) is 0 Å². The molecule has 0 aromatic heterocycles. The highest BCUT2D eigenvalue weighted by Gasteiger charge is 2.18. The minimum Gasteiger partial charge on any atom is -0.478 e. The lowest BCUT2D eigenvalue weighted by atomic mass is 9.96. The van der Waals surface area contributed by atoms with Gasteiger partial charge in [-0.2, -0.15) is 0 Å². The van der Waals surface area contributed by atoms with E-state index in [4.69, 9.17) is 5.11 Å². The lowest BCUT2D eigenvalue weighted by Crippen LogP contribution is -2.35. The second-order valence-corrected chi connectivity index (χ2v) is 6.06. The molecule has 116 valence electrons. The average Bonchev–Trinajstić information content (AvgIpc) is 2.43. The van der Waals surface area contributed by atoms with Crippen molar-refractivity contribution in [1.82, 2.24) is 9.80 Å². The number of piperidine rings is 1. The van der Waals surface area contributed by atoms with Gasteiger partial charge in [0.1, 0.15) is 5.82 Å². The summed E-state index contributed by atoms with van der Waals surface area (Å²) in [6.45, 7) is 3.91. The number of carbonyl (C=O) groups is 1. The Hall–Kier alpha value is -1.46. The van der Waals surface area contributed by atoms with E-state index in [1.807, 2.05) is 7.05 Å². The number of carboxylic acid groups (broad SMARTS) is 1. The van der Waals surface area contributed by atoms with Crippen LogP contribution < -0.4 is 0 Å². The second-order valence-electron chi connectivity index (χ2n) is 6.06. The van der Waals surface area contributed by atoms with Gasteiger partial charge in [-0.3, -0.25) is 0 Å². The SMILES string of the molecule is CN1CCC(CN(C)Cc2ccc(F)c(C(=O)O)c2)CC1. The van der Waals surface area contributed by atoms with Crippen molar-refractivity contribution in [2.45, 2.75) is 19.4 Å². The standard InChI is InChI=1S/C16H23FN2O2/c1-18-7-5-12(6-8-18)10-19(2)11-13-3-4-15(17)14(9-13)16(20)21/h3-4,9,12H,5-8,10-11H2,1-2H3,(H,20,21). The molecule has 0 saturated carbocycles. The molecule has 1 fully saturated rings. The largest absolute Gasteiger partial charge is 0.478 e. The fourth-order valence-corrected chi connectivity index (χ4v) is 2.90. The number of nitrogens with zero attached hydrogens (tertiary/aromatic N) is 2. The number of benzene rings is 1. The molecule has 1 aromatic carbocycles. The number of hydrogen-bond acceptors (Lipinski definition) is 3. The molecule has 0 unspecified atom stereocenters. The smallest absolute Gasteiger partial charge is 0.338 e. The van der Waals surface area contributed by atoms with Gasteiger partial charge in [-0.15, -0.1) is 0 Å². The van der Waals surface area contributed by atoms with Gasteiger partial charge in [0.15, 0.2) is 0 Å². The predicted octanol–water partition coefficient (Wildman–Crippen LogP) is 2.30. The molecule has 1 aliphatic rings. The topological polar surface area (TPSA) is 43.8 Å². The summed E-state index contributed by atoms with van der Waals surface area (Å²) >= 11 is 0. The molecule has 1 aromatic rings. The summed E-state index contributed by atoms with van der Waals surface area (Å²) in [5.41, 5.74) is 0.587. The lowest BCUT2D eigenvalue weighted by Gasteiger charge is -2.31. The quantitative estimate of drug-likeness (QED) is 0.905. The molecule has 5 heteroatoms. The summed E-state index contributed by atoms with van der Waals surface area (Å²) in [5.74, 6) is -1.21. The zero-order chi connectivity index (χ0) is 15.4. The molecule has 1 saturated heterocycles. The number of hydrogen-bond donors (Lipinski definition) is 1. The number of aromatic carboxylic acids is 1. The number of halogens is 1. The van der Waals surface area contributed by atoms with Crippen LogP contribution in [0.3, 0.4) is 0 Å². The first kappa shape index (κ1) is 15.9. The maximum atomic E-state index is 13.4. The van der Waals surface area contributed by atoms with Crippen molar-refractivity contribution in [3.05, 3.63) is 35.1 Å². The van der Waals surface area contributed by atoms with Crippen molar-refractivity contribution in [1.29, 1.82) is 0 Å². The minimum absolute atomic E-state index is 0.250. The van der Waals surface area contributed by atoms with Gasteiger partial charge in [0.05, 0.1) is 5.56 Å². The van der Waals surface area contributed by atoms with E-state index >= 15 is 0 Å². The first-order valence-electron chi connectivity index (χ1n) is 7.34. The van der Waals surface area contributed by atoms with Gasteiger partial charge in [0, 0.05) is 13.1 Å². The van der Waals surface area contributed by atoms with E-state index in [1.165, 1.54) is 25.0 Å². The second kappa shape index (κ2) is 7.00. The molecule has 21 heavy (non-hydrogen) atoms. The van der Waals surface area contributed by atoms with Crippen LogP contribution in [0.1, 0.15) is 28.8 Å².